The van der Waals surface area contributed by atoms with Crippen molar-refractivity contribution in [2.75, 3.05) is 5.75 Å². The summed E-state index contributed by atoms with van der Waals surface area (Å²) >= 11 is 1.97. The molecule has 1 aromatic carbocycles. The minimum atomic E-state index is 0.768. The summed E-state index contributed by atoms with van der Waals surface area (Å²) in [6, 6.07) is 6.66. The first kappa shape index (κ1) is 10.6. The Hall–Kier alpha value is -0.430. The van der Waals surface area contributed by atoms with Gasteiger partial charge in [0.25, 0.3) is 0 Å². The molecule has 0 heterocycles. The quantitative estimate of drug-likeness (QED) is 0.654. The van der Waals surface area contributed by atoms with Crippen LogP contribution < -0.4 is 0 Å². The van der Waals surface area contributed by atoms with Crippen LogP contribution in [0.15, 0.2) is 23.1 Å². The van der Waals surface area contributed by atoms with Crippen LogP contribution in [0.5, 0.6) is 0 Å². The Morgan fingerprint density at radius 1 is 1.23 bits per heavy atom. The molecule has 1 rings (SSSR count). The van der Waals surface area contributed by atoms with Crippen LogP contribution >= 0.6 is 11.8 Å². The van der Waals surface area contributed by atoms with Crippen LogP contribution in [0.3, 0.4) is 0 Å². The van der Waals surface area contributed by atoms with Crippen LogP contribution in [0.4, 0.5) is 0 Å². The van der Waals surface area contributed by atoms with Crippen molar-refractivity contribution in [1.82, 2.24) is 0 Å². The van der Waals surface area contributed by atoms with E-state index >= 15 is 0 Å². The van der Waals surface area contributed by atoms with Crippen LogP contribution in [0, 0.1) is 19.8 Å². The number of benzene rings is 1. The molecule has 0 aromatic heterocycles. The summed E-state index contributed by atoms with van der Waals surface area (Å²) in [7, 11) is 0. The van der Waals surface area contributed by atoms with E-state index in [1.54, 1.807) is 0 Å². The summed E-state index contributed by atoms with van der Waals surface area (Å²) in [4.78, 5) is 1.44. The van der Waals surface area contributed by atoms with E-state index in [1.165, 1.54) is 21.8 Å². The predicted molar refractivity (Wildman–Crippen MR) is 61.5 cm³/mol. The van der Waals surface area contributed by atoms with Crippen molar-refractivity contribution in [3.8, 4) is 0 Å². The predicted octanol–water partition coefficient (Wildman–Crippen LogP) is 4.05. The molecular weight excluding hydrogens is 176 g/mol. The van der Waals surface area contributed by atoms with E-state index in [0.29, 0.717) is 0 Å². The van der Waals surface area contributed by atoms with E-state index in [2.05, 4.69) is 45.9 Å². The zero-order valence-corrected chi connectivity index (χ0v) is 9.74. The largest absolute Gasteiger partial charge is 0.126 e. The van der Waals surface area contributed by atoms with Crippen molar-refractivity contribution in [3.05, 3.63) is 29.3 Å². The SMILES string of the molecule is Cc1ccc(C)c(SCC(C)C)c1. The Bertz CT molecular complexity index is 276. The molecule has 0 spiro atoms. The molecule has 0 aliphatic rings. The summed E-state index contributed by atoms with van der Waals surface area (Å²) in [6.07, 6.45) is 0. The average molecular weight is 194 g/mol. The minimum absolute atomic E-state index is 0.768. The van der Waals surface area contributed by atoms with Gasteiger partial charge in [0.2, 0.25) is 0 Å². The van der Waals surface area contributed by atoms with Gasteiger partial charge in [0.1, 0.15) is 0 Å². The third-order valence-electron chi connectivity index (χ3n) is 1.92. The van der Waals surface area contributed by atoms with Crippen molar-refractivity contribution in [3.63, 3.8) is 0 Å². The Labute approximate surface area is 85.7 Å². The van der Waals surface area contributed by atoms with Gasteiger partial charge in [-0.3, -0.25) is 0 Å². The van der Waals surface area contributed by atoms with Gasteiger partial charge in [-0.25, -0.2) is 0 Å². The summed E-state index contributed by atoms with van der Waals surface area (Å²) in [5.41, 5.74) is 2.76. The average Bonchev–Trinajstić information content (AvgIpc) is 2.06. The van der Waals surface area contributed by atoms with E-state index in [0.717, 1.165) is 5.92 Å². The fraction of sp³-hybridized carbons (Fsp3) is 0.500. The molecular formula is C12H18S. The molecule has 0 aliphatic carbocycles. The third kappa shape index (κ3) is 3.43. The maximum absolute atomic E-state index is 2.28. The van der Waals surface area contributed by atoms with Gasteiger partial charge in [-0.1, -0.05) is 31.5 Å². The van der Waals surface area contributed by atoms with Crippen molar-refractivity contribution in [2.24, 2.45) is 5.92 Å². The van der Waals surface area contributed by atoms with Gasteiger partial charge in [-0.05, 0) is 31.4 Å². The molecule has 0 nitrogen and oxygen atoms in total. The molecule has 0 aliphatic heterocycles. The lowest BCUT2D eigenvalue weighted by Gasteiger charge is -2.08. The van der Waals surface area contributed by atoms with Gasteiger partial charge in [0.05, 0.1) is 0 Å². The van der Waals surface area contributed by atoms with E-state index in [4.69, 9.17) is 0 Å². The summed E-state index contributed by atoms with van der Waals surface area (Å²) < 4.78 is 0. The topological polar surface area (TPSA) is 0 Å². The van der Waals surface area contributed by atoms with Crippen molar-refractivity contribution < 1.29 is 0 Å². The van der Waals surface area contributed by atoms with Crippen molar-refractivity contribution in [1.29, 1.82) is 0 Å². The van der Waals surface area contributed by atoms with E-state index in [9.17, 15) is 0 Å². The fourth-order valence-electron chi connectivity index (χ4n) is 1.12. The Balaban J connectivity index is 2.70. The number of hydrogen-bond acceptors (Lipinski definition) is 1. The lowest BCUT2D eigenvalue weighted by molar-refractivity contribution is 0.750. The van der Waals surface area contributed by atoms with Crippen LogP contribution in [-0.4, -0.2) is 5.75 Å². The normalized spacial score (nSPS) is 10.8. The second kappa shape index (κ2) is 4.71. The zero-order valence-electron chi connectivity index (χ0n) is 8.92. The zero-order chi connectivity index (χ0) is 9.84. The van der Waals surface area contributed by atoms with Crippen molar-refractivity contribution in [2.45, 2.75) is 32.6 Å². The standard InChI is InChI=1S/C12H18S/c1-9(2)8-13-12-7-10(3)5-6-11(12)4/h5-7,9H,8H2,1-4H3. The maximum atomic E-state index is 2.28. The van der Waals surface area contributed by atoms with Crippen LogP contribution in [0.2, 0.25) is 0 Å². The molecule has 0 saturated carbocycles. The Morgan fingerprint density at radius 2 is 1.92 bits per heavy atom. The van der Waals surface area contributed by atoms with E-state index in [-0.39, 0.29) is 0 Å². The van der Waals surface area contributed by atoms with Gasteiger partial charge < -0.3 is 0 Å². The molecule has 0 fully saturated rings. The van der Waals surface area contributed by atoms with E-state index in [1.807, 2.05) is 11.8 Å². The first-order valence-corrected chi connectivity index (χ1v) is 5.78. The number of thioether (sulfide) groups is 1. The number of aryl methyl sites for hydroxylation is 2. The molecule has 0 atom stereocenters. The molecule has 72 valence electrons. The highest BCUT2D eigenvalue weighted by Gasteiger charge is 2.00. The first-order chi connectivity index (χ1) is 6.09. The minimum Gasteiger partial charge on any atom is -0.126 e. The van der Waals surface area contributed by atoms with Crippen LogP contribution in [-0.2, 0) is 0 Å². The van der Waals surface area contributed by atoms with Crippen LogP contribution in [0.1, 0.15) is 25.0 Å². The van der Waals surface area contributed by atoms with Gasteiger partial charge in [-0.15, -0.1) is 11.8 Å². The summed E-state index contributed by atoms with van der Waals surface area (Å²) in [6.45, 7) is 8.86. The summed E-state index contributed by atoms with van der Waals surface area (Å²) in [5, 5.41) is 0. The lowest BCUT2D eigenvalue weighted by atomic mass is 10.2. The molecule has 0 radical (unpaired) electrons. The second-order valence-electron chi connectivity index (χ2n) is 3.97. The van der Waals surface area contributed by atoms with Gasteiger partial charge in [-0.2, -0.15) is 0 Å². The molecule has 0 bridgehead atoms. The van der Waals surface area contributed by atoms with Gasteiger partial charge in [0.15, 0.2) is 0 Å². The smallest absolute Gasteiger partial charge is 0.0104 e. The molecule has 1 heteroatoms. The molecule has 13 heavy (non-hydrogen) atoms. The highest BCUT2D eigenvalue weighted by atomic mass is 32.2. The lowest BCUT2D eigenvalue weighted by Crippen LogP contribution is -1.91. The highest BCUT2D eigenvalue weighted by Crippen LogP contribution is 2.25. The Morgan fingerprint density at radius 3 is 2.54 bits per heavy atom. The van der Waals surface area contributed by atoms with Crippen LogP contribution in [0.25, 0.3) is 0 Å². The van der Waals surface area contributed by atoms with Gasteiger partial charge in [0, 0.05) is 10.6 Å². The highest BCUT2D eigenvalue weighted by molar-refractivity contribution is 7.99. The summed E-state index contributed by atoms with van der Waals surface area (Å²) in [5.74, 6) is 1.98. The maximum Gasteiger partial charge on any atom is 0.0104 e. The van der Waals surface area contributed by atoms with Crippen molar-refractivity contribution >= 4 is 11.8 Å². The molecule has 0 unspecified atom stereocenters. The van der Waals surface area contributed by atoms with E-state index < -0.39 is 0 Å². The number of rotatable bonds is 3. The molecule has 0 amide bonds. The molecule has 0 saturated heterocycles. The third-order valence-corrected chi connectivity index (χ3v) is 3.50. The Kier molecular flexibility index (Phi) is 3.86. The van der Waals surface area contributed by atoms with Gasteiger partial charge >= 0.3 is 0 Å². The fourth-order valence-corrected chi connectivity index (χ4v) is 2.20. The second-order valence-corrected chi connectivity index (χ2v) is 5.04. The molecule has 0 N–H and O–H groups in total. The number of hydrogen-bond donors (Lipinski definition) is 0. The monoisotopic (exact) mass is 194 g/mol. The molecule has 1 aromatic rings. The first-order valence-electron chi connectivity index (χ1n) is 4.79.